The van der Waals surface area contributed by atoms with Crippen LogP contribution in [0.1, 0.15) is 5.56 Å². The molecule has 0 radical (unpaired) electrons. The highest BCUT2D eigenvalue weighted by Gasteiger charge is 2.16. The molecule has 0 aliphatic rings. The van der Waals surface area contributed by atoms with Crippen LogP contribution in [0.3, 0.4) is 0 Å². The predicted molar refractivity (Wildman–Crippen MR) is 87.2 cm³/mol. The first-order chi connectivity index (χ1) is 9.49. The zero-order chi connectivity index (χ0) is 14.6. The summed E-state index contributed by atoms with van der Waals surface area (Å²) in [5.41, 5.74) is 1.10. The van der Waals surface area contributed by atoms with Gasteiger partial charge in [-0.3, -0.25) is 0 Å². The summed E-state index contributed by atoms with van der Waals surface area (Å²) in [6.07, 6.45) is 0.661. The Morgan fingerprint density at radius 3 is 2.35 bits per heavy atom. The van der Waals surface area contributed by atoms with Crippen molar-refractivity contribution in [2.24, 2.45) is 0 Å². The van der Waals surface area contributed by atoms with Gasteiger partial charge in [-0.25, -0.2) is 13.1 Å². The van der Waals surface area contributed by atoms with Crippen LogP contribution in [0, 0.1) is 0 Å². The first-order valence-corrected chi connectivity index (χ1v) is 9.04. The Labute approximate surface area is 135 Å². The molecule has 6 heteroatoms. The Morgan fingerprint density at radius 1 is 1.00 bits per heavy atom. The molecule has 0 spiro atoms. The lowest BCUT2D eigenvalue weighted by molar-refractivity contribution is 0.581. The number of halogens is 2. The van der Waals surface area contributed by atoms with Crippen LogP contribution < -0.4 is 4.72 Å². The highest BCUT2D eigenvalue weighted by Crippen LogP contribution is 2.25. The molecule has 2 aromatic carbocycles. The van der Waals surface area contributed by atoms with Crippen LogP contribution in [-0.2, 0) is 16.4 Å². The van der Waals surface area contributed by atoms with Crippen LogP contribution in [0.2, 0.25) is 0 Å². The number of nitrogens with one attached hydrogen (secondary N) is 1. The molecule has 3 nitrogen and oxygen atoms in total. The van der Waals surface area contributed by atoms with Crippen molar-refractivity contribution >= 4 is 41.9 Å². The quantitative estimate of drug-likeness (QED) is 0.803. The van der Waals surface area contributed by atoms with Gasteiger partial charge in [-0.05, 0) is 46.1 Å². The van der Waals surface area contributed by atoms with Crippen molar-refractivity contribution in [3.05, 3.63) is 63.0 Å². The third-order valence-corrected chi connectivity index (χ3v) is 5.66. The van der Waals surface area contributed by atoms with Crippen molar-refractivity contribution in [3.63, 3.8) is 0 Å². The Hall–Kier alpha value is -0.690. The minimum atomic E-state index is -3.50. The van der Waals surface area contributed by atoms with Crippen LogP contribution in [0.15, 0.2) is 62.4 Å². The van der Waals surface area contributed by atoms with Gasteiger partial charge in [-0.15, -0.1) is 0 Å². The lowest BCUT2D eigenvalue weighted by atomic mass is 10.2. The van der Waals surface area contributed by atoms with E-state index in [0.29, 0.717) is 17.4 Å². The summed E-state index contributed by atoms with van der Waals surface area (Å²) in [5.74, 6) is 0. The fraction of sp³-hybridized carbons (Fsp3) is 0.143. The normalized spacial score (nSPS) is 11.5. The molecule has 0 heterocycles. The van der Waals surface area contributed by atoms with E-state index in [9.17, 15) is 8.42 Å². The number of hydrogen-bond donors (Lipinski definition) is 1. The molecule has 106 valence electrons. The molecule has 0 saturated heterocycles. The van der Waals surface area contributed by atoms with Gasteiger partial charge < -0.3 is 0 Å². The predicted octanol–water partition coefficient (Wildman–Crippen LogP) is 3.73. The van der Waals surface area contributed by atoms with Gasteiger partial charge in [0.25, 0.3) is 0 Å². The third-order valence-electron chi connectivity index (χ3n) is 2.73. The average Bonchev–Trinajstić information content (AvgIpc) is 2.39. The van der Waals surface area contributed by atoms with Crippen molar-refractivity contribution in [1.82, 2.24) is 4.72 Å². The molecule has 20 heavy (non-hydrogen) atoms. The number of hydrogen-bond acceptors (Lipinski definition) is 2. The van der Waals surface area contributed by atoms with E-state index >= 15 is 0 Å². The maximum atomic E-state index is 12.2. The summed E-state index contributed by atoms with van der Waals surface area (Å²) in [4.78, 5) is 0.244. The van der Waals surface area contributed by atoms with E-state index in [0.717, 1.165) is 10.0 Å². The Kier molecular flexibility index (Phi) is 5.37. The van der Waals surface area contributed by atoms with Gasteiger partial charge in [0.15, 0.2) is 0 Å². The fourth-order valence-electron chi connectivity index (χ4n) is 1.75. The van der Waals surface area contributed by atoms with Gasteiger partial charge in [0.2, 0.25) is 10.0 Å². The van der Waals surface area contributed by atoms with Gasteiger partial charge in [-0.2, -0.15) is 0 Å². The topological polar surface area (TPSA) is 46.2 Å². The molecule has 0 amide bonds. The van der Waals surface area contributed by atoms with Gasteiger partial charge >= 0.3 is 0 Å². The van der Waals surface area contributed by atoms with E-state index in [4.69, 9.17) is 0 Å². The summed E-state index contributed by atoms with van der Waals surface area (Å²) in [6, 6.07) is 14.8. The molecule has 2 rings (SSSR count). The van der Waals surface area contributed by atoms with E-state index in [1.165, 1.54) is 0 Å². The SMILES string of the molecule is O=S(=O)(NCCc1ccccc1)c1ccc(Br)cc1Br. The van der Waals surface area contributed by atoms with Gasteiger partial charge in [0.1, 0.15) is 0 Å². The molecule has 0 saturated carbocycles. The molecule has 0 atom stereocenters. The second-order valence-electron chi connectivity index (χ2n) is 4.21. The highest BCUT2D eigenvalue weighted by molar-refractivity contribution is 9.11. The Bertz CT molecular complexity index is 688. The van der Waals surface area contributed by atoms with Crippen molar-refractivity contribution < 1.29 is 8.42 Å². The lowest BCUT2D eigenvalue weighted by Crippen LogP contribution is -2.26. The maximum Gasteiger partial charge on any atom is 0.241 e. The molecule has 2 aromatic rings. The van der Waals surface area contributed by atoms with Crippen molar-refractivity contribution in [1.29, 1.82) is 0 Å². The van der Waals surface area contributed by atoms with Gasteiger partial charge in [0.05, 0.1) is 4.90 Å². The molecule has 0 unspecified atom stereocenters. The van der Waals surface area contributed by atoms with Gasteiger partial charge in [0, 0.05) is 15.5 Å². The molecule has 0 fully saturated rings. The highest BCUT2D eigenvalue weighted by atomic mass is 79.9. The van der Waals surface area contributed by atoms with Crippen molar-refractivity contribution in [2.75, 3.05) is 6.54 Å². The first kappa shape index (κ1) is 15.7. The first-order valence-electron chi connectivity index (χ1n) is 5.98. The smallest absolute Gasteiger partial charge is 0.211 e. The lowest BCUT2D eigenvalue weighted by Gasteiger charge is -2.09. The number of benzene rings is 2. The second kappa shape index (κ2) is 6.85. The molecule has 0 aromatic heterocycles. The van der Waals surface area contributed by atoms with Crippen LogP contribution in [-0.4, -0.2) is 15.0 Å². The Morgan fingerprint density at radius 2 is 1.70 bits per heavy atom. The third kappa shape index (κ3) is 4.15. The van der Waals surface area contributed by atoms with E-state index in [2.05, 4.69) is 36.6 Å². The van der Waals surface area contributed by atoms with Crippen molar-refractivity contribution in [2.45, 2.75) is 11.3 Å². The largest absolute Gasteiger partial charge is 0.241 e. The van der Waals surface area contributed by atoms with E-state index < -0.39 is 10.0 Å². The molecular formula is C14H13Br2NO2S. The monoisotopic (exact) mass is 417 g/mol. The summed E-state index contributed by atoms with van der Waals surface area (Å²) in [5, 5.41) is 0. The summed E-state index contributed by atoms with van der Waals surface area (Å²) in [7, 11) is -3.50. The van der Waals surface area contributed by atoms with E-state index in [1.54, 1.807) is 18.2 Å². The van der Waals surface area contributed by atoms with E-state index in [1.807, 2.05) is 30.3 Å². The maximum absolute atomic E-state index is 12.2. The molecular weight excluding hydrogens is 406 g/mol. The van der Waals surface area contributed by atoms with Crippen LogP contribution >= 0.6 is 31.9 Å². The fourth-order valence-corrected chi connectivity index (χ4v) is 4.52. The van der Waals surface area contributed by atoms with Crippen molar-refractivity contribution in [3.8, 4) is 0 Å². The number of sulfonamides is 1. The minimum Gasteiger partial charge on any atom is -0.211 e. The van der Waals surface area contributed by atoms with Crippen LogP contribution in [0.4, 0.5) is 0 Å². The summed E-state index contributed by atoms with van der Waals surface area (Å²) >= 11 is 6.57. The minimum absolute atomic E-state index is 0.244. The van der Waals surface area contributed by atoms with Crippen LogP contribution in [0.5, 0.6) is 0 Å². The molecule has 0 aliphatic carbocycles. The summed E-state index contributed by atoms with van der Waals surface area (Å²) < 4.78 is 28.4. The molecule has 0 bridgehead atoms. The zero-order valence-electron chi connectivity index (χ0n) is 10.5. The standard InChI is InChI=1S/C14H13Br2NO2S/c15-12-6-7-14(13(16)10-12)20(18,19)17-9-8-11-4-2-1-3-5-11/h1-7,10,17H,8-9H2. The van der Waals surface area contributed by atoms with Crippen LogP contribution in [0.25, 0.3) is 0 Å². The average molecular weight is 419 g/mol. The molecule has 1 N–H and O–H groups in total. The Balaban J connectivity index is 2.04. The second-order valence-corrected chi connectivity index (χ2v) is 7.71. The zero-order valence-corrected chi connectivity index (χ0v) is 14.5. The molecule has 0 aliphatic heterocycles. The van der Waals surface area contributed by atoms with E-state index in [-0.39, 0.29) is 4.90 Å². The van der Waals surface area contributed by atoms with Gasteiger partial charge in [-0.1, -0.05) is 46.3 Å². The number of rotatable bonds is 5. The summed E-state index contributed by atoms with van der Waals surface area (Å²) in [6.45, 7) is 0.370.